The largest absolute Gasteiger partial charge is 0.408 e. The second kappa shape index (κ2) is 7.46. The number of alkyl halides is 3. The van der Waals surface area contributed by atoms with Crippen LogP contribution in [0.3, 0.4) is 0 Å². The minimum absolute atomic E-state index is 0.00961. The van der Waals surface area contributed by atoms with Crippen LogP contribution in [0.4, 0.5) is 13.2 Å². The van der Waals surface area contributed by atoms with Crippen molar-refractivity contribution in [1.82, 2.24) is 5.32 Å². The van der Waals surface area contributed by atoms with E-state index in [1.165, 1.54) is 6.26 Å². The molecular formula is C10H17F3N2O4S. The first-order valence-electron chi connectivity index (χ1n) is 5.78. The third-order valence-electron chi connectivity index (χ3n) is 2.72. The van der Waals surface area contributed by atoms with Crippen LogP contribution in [-0.2, 0) is 4.74 Å². The van der Waals surface area contributed by atoms with Crippen LogP contribution in [0.25, 0.3) is 0 Å². The van der Waals surface area contributed by atoms with Gasteiger partial charge in [0.2, 0.25) is 0 Å². The summed E-state index contributed by atoms with van der Waals surface area (Å²) in [7, 11) is 0. The monoisotopic (exact) mass is 318 g/mol. The molecule has 0 saturated carbocycles. The number of ether oxygens (including phenoxy) is 1. The smallest absolute Gasteiger partial charge is 0.394 e. The molecule has 1 unspecified atom stereocenters. The second-order valence-corrected chi connectivity index (χ2v) is 5.02. The van der Waals surface area contributed by atoms with E-state index >= 15 is 0 Å². The van der Waals surface area contributed by atoms with E-state index in [1.807, 2.05) is 0 Å². The summed E-state index contributed by atoms with van der Waals surface area (Å²) in [5.41, 5.74) is 0. The third-order valence-corrected chi connectivity index (χ3v) is 3.35. The average molecular weight is 318 g/mol. The molecule has 118 valence electrons. The van der Waals surface area contributed by atoms with Crippen LogP contribution in [0.15, 0.2) is 4.99 Å². The van der Waals surface area contributed by atoms with Crippen molar-refractivity contribution in [1.29, 1.82) is 0 Å². The van der Waals surface area contributed by atoms with Gasteiger partial charge in [-0.3, -0.25) is 4.99 Å². The van der Waals surface area contributed by atoms with Gasteiger partial charge in [0.05, 0.1) is 19.3 Å². The number of rotatable bonds is 3. The molecule has 1 aliphatic heterocycles. The van der Waals surface area contributed by atoms with Crippen LogP contribution in [0.2, 0.25) is 0 Å². The zero-order valence-corrected chi connectivity index (χ0v) is 11.5. The average Bonchev–Trinajstić information content (AvgIpc) is 2.38. The van der Waals surface area contributed by atoms with E-state index in [4.69, 9.17) is 9.84 Å². The SMILES string of the molecule is CSC(=NCC(F)(F)F)NC1CO[C@H](CO)[C@@H](O)[C@@H]1O. The Morgan fingerprint density at radius 3 is 2.55 bits per heavy atom. The summed E-state index contributed by atoms with van der Waals surface area (Å²) < 4.78 is 41.3. The van der Waals surface area contributed by atoms with Crippen molar-refractivity contribution >= 4 is 16.9 Å². The molecule has 20 heavy (non-hydrogen) atoms. The lowest BCUT2D eigenvalue weighted by molar-refractivity contribution is -0.159. The molecule has 1 saturated heterocycles. The number of thioether (sulfide) groups is 1. The summed E-state index contributed by atoms with van der Waals surface area (Å²) in [6.45, 7) is -1.85. The standard InChI is InChI=1S/C10H17F3N2O4S/c1-20-9(14-4-10(11,12)13)15-5-3-19-6(2-16)8(18)7(5)17/h5-8,16-18H,2-4H2,1H3,(H,14,15)/t5?,6-,7-,8-/m1/s1. The maximum absolute atomic E-state index is 12.1. The fraction of sp³-hybridized carbons (Fsp3) is 0.900. The van der Waals surface area contributed by atoms with E-state index in [-0.39, 0.29) is 11.8 Å². The normalized spacial score (nSPS) is 32.2. The molecule has 4 N–H and O–H groups in total. The number of hydrogen-bond acceptors (Lipinski definition) is 6. The van der Waals surface area contributed by atoms with E-state index < -0.39 is 43.7 Å². The van der Waals surface area contributed by atoms with Crippen LogP contribution in [0, 0.1) is 0 Å². The van der Waals surface area contributed by atoms with Gasteiger partial charge in [0.1, 0.15) is 24.9 Å². The van der Waals surface area contributed by atoms with Crippen molar-refractivity contribution < 1.29 is 33.2 Å². The highest BCUT2D eigenvalue weighted by Gasteiger charge is 2.38. The summed E-state index contributed by atoms with van der Waals surface area (Å²) in [6, 6.07) is -0.799. The van der Waals surface area contributed by atoms with Gasteiger partial charge in [0.25, 0.3) is 0 Å². The summed E-state index contributed by atoms with van der Waals surface area (Å²) in [5.74, 6) is 0. The Hall–Kier alpha value is -0.550. The molecule has 0 aromatic carbocycles. The predicted molar refractivity (Wildman–Crippen MR) is 67.6 cm³/mol. The highest BCUT2D eigenvalue weighted by molar-refractivity contribution is 8.13. The fourth-order valence-corrected chi connectivity index (χ4v) is 2.12. The van der Waals surface area contributed by atoms with Crippen molar-refractivity contribution in [2.24, 2.45) is 4.99 Å². The van der Waals surface area contributed by atoms with Crippen LogP contribution < -0.4 is 5.32 Å². The van der Waals surface area contributed by atoms with Crippen LogP contribution in [0.5, 0.6) is 0 Å². The minimum Gasteiger partial charge on any atom is -0.394 e. The highest BCUT2D eigenvalue weighted by atomic mass is 32.2. The molecule has 0 aliphatic carbocycles. The van der Waals surface area contributed by atoms with Gasteiger partial charge in [-0.25, -0.2) is 0 Å². The van der Waals surface area contributed by atoms with Crippen molar-refractivity contribution in [3.05, 3.63) is 0 Å². The van der Waals surface area contributed by atoms with Gasteiger partial charge in [-0.05, 0) is 6.26 Å². The molecule has 0 aromatic heterocycles. The number of hydrogen-bond donors (Lipinski definition) is 4. The summed E-state index contributed by atoms with van der Waals surface area (Å²) >= 11 is 0.955. The van der Waals surface area contributed by atoms with E-state index in [9.17, 15) is 23.4 Å². The second-order valence-electron chi connectivity index (χ2n) is 4.23. The Balaban J connectivity index is 2.62. The van der Waals surface area contributed by atoms with Crippen LogP contribution >= 0.6 is 11.8 Å². The molecule has 1 aliphatic rings. The van der Waals surface area contributed by atoms with Crippen molar-refractivity contribution in [2.75, 3.05) is 26.0 Å². The Morgan fingerprint density at radius 2 is 2.05 bits per heavy atom. The number of aliphatic hydroxyl groups excluding tert-OH is 3. The third kappa shape index (κ3) is 5.09. The molecule has 1 rings (SSSR count). The Morgan fingerprint density at radius 1 is 1.40 bits per heavy atom. The van der Waals surface area contributed by atoms with Gasteiger partial charge in [0, 0.05) is 0 Å². The summed E-state index contributed by atoms with van der Waals surface area (Å²) in [5, 5.41) is 31.0. The maximum Gasteiger partial charge on any atom is 0.408 e. The molecule has 0 aromatic rings. The van der Waals surface area contributed by atoms with Crippen LogP contribution in [-0.4, -0.2) is 77.0 Å². The molecule has 4 atom stereocenters. The van der Waals surface area contributed by atoms with E-state index in [1.54, 1.807) is 0 Å². The lowest BCUT2D eigenvalue weighted by Crippen LogP contribution is -2.59. The van der Waals surface area contributed by atoms with E-state index in [2.05, 4.69) is 10.3 Å². The molecule has 0 amide bonds. The number of nitrogens with one attached hydrogen (secondary N) is 1. The van der Waals surface area contributed by atoms with E-state index in [0.29, 0.717) is 0 Å². The van der Waals surface area contributed by atoms with Gasteiger partial charge < -0.3 is 25.4 Å². The first kappa shape index (κ1) is 17.5. The number of amidine groups is 1. The number of halogens is 3. The molecule has 10 heteroatoms. The molecule has 1 heterocycles. The quantitative estimate of drug-likeness (QED) is 0.408. The van der Waals surface area contributed by atoms with Crippen molar-refractivity contribution in [3.8, 4) is 0 Å². The summed E-state index contributed by atoms with van der Waals surface area (Å²) in [6.07, 6.45) is -6.38. The first-order valence-corrected chi connectivity index (χ1v) is 7.01. The number of nitrogens with zero attached hydrogens (tertiary/aromatic N) is 1. The molecule has 0 spiro atoms. The van der Waals surface area contributed by atoms with Gasteiger partial charge in [-0.2, -0.15) is 13.2 Å². The summed E-state index contributed by atoms with van der Waals surface area (Å²) in [4.78, 5) is 3.35. The molecule has 1 fully saturated rings. The van der Waals surface area contributed by atoms with E-state index in [0.717, 1.165) is 11.8 Å². The Kier molecular flexibility index (Phi) is 6.52. The molecule has 0 bridgehead atoms. The lowest BCUT2D eigenvalue weighted by Gasteiger charge is -2.37. The van der Waals surface area contributed by atoms with Crippen molar-refractivity contribution in [3.63, 3.8) is 0 Å². The molecular weight excluding hydrogens is 301 g/mol. The van der Waals surface area contributed by atoms with Gasteiger partial charge in [-0.15, -0.1) is 0 Å². The maximum atomic E-state index is 12.1. The molecule has 0 radical (unpaired) electrons. The van der Waals surface area contributed by atoms with Crippen LogP contribution in [0.1, 0.15) is 0 Å². The zero-order valence-electron chi connectivity index (χ0n) is 10.7. The highest BCUT2D eigenvalue weighted by Crippen LogP contribution is 2.18. The zero-order chi connectivity index (χ0) is 15.3. The molecule has 6 nitrogen and oxygen atoms in total. The predicted octanol–water partition coefficient (Wildman–Crippen LogP) is -0.661. The number of aliphatic imine (C=N–C) groups is 1. The topological polar surface area (TPSA) is 94.3 Å². The number of aliphatic hydroxyl groups is 3. The van der Waals surface area contributed by atoms with Gasteiger partial charge in [0.15, 0.2) is 5.17 Å². The minimum atomic E-state index is -4.41. The first-order chi connectivity index (χ1) is 9.28. The lowest BCUT2D eigenvalue weighted by atomic mass is 9.99. The Bertz CT molecular complexity index is 343. The van der Waals surface area contributed by atoms with Gasteiger partial charge in [-0.1, -0.05) is 11.8 Å². The van der Waals surface area contributed by atoms with Gasteiger partial charge >= 0.3 is 6.18 Å². The fourth-order valence-electron chi connectivity index (χ4n) is 1.66. The van der Waals surface area contributed by atoms with Crippen molar-refractivity contribution in [2.45, 2.75) is 30.5 Å². The Labute approximate surface area is 118 Å².